The van der Waals surface area contributed by atoms with Crippen LogP contribution in [0.2, 0.25) is 10.0 Å². The Balaban J connectivity index is 3.28. The van der Waals surface area contributed by atoms with E-state index in [-0.39, 0.29) is 15.6 Å². The second-order valence-electron chi connectivity index (χ2n) is 2.28. The van der Waals surface area contributed by atoms with E-state index in [2.05, 4.69) is 17.4 Å². The van der Waals surface area contributed by atoms with E-state index in [1.165, 1.54) is 13.2 Å². The van der Waals surface area contributed by atoms with E-state index in [4.69, 9.17) is 23.2 Å². The SMILES string of the molecule is COC(=O)c1cc(S)cc(Cl)c1Cl. The van der Waals surface area contributed by atoms with E-state index in [1.807, 2.05) is 0 Å². The van der Waals surface area contributed by atoms with Gasteiger partial charge in [-0.25, -0.2) is 4.79 Å². The van der Waals surface area contributed by atoms with Crippen molar-refractivity contribution in [2.24, 2.45) is 0 Å². The number of methoxy groups -OCH3 is 1. The van der Waals surface area contributed by atoms with E-state index < -0.39 is 5.97 Å². The van der Waals surface area contributed by atoms with Gasteiger partial charge >= 0.3 is 5.97 Å². The molecule has 0 unspecified atom stereocenters. The van der Waals surface area contributed by atoms with E-state index in [0.29, 0.717) is 4.90 Å². The maximum absolute atomic E-state index is 11.1. The van der Waals surface area contributed by atoms with Crippen molar-refractivity contribution in [3.05, 3.63) is 27.7 Å². The highest BCUT2D eigenvalue weighted by molar-refractivity contribution is 7.80. The zero-order valence-corrected chi connectivity index (χ0v) is 9.08. The molecule has 0 aliphatic rings. The first-order valence-corrected chi connectivity index (χ1v) is 4.53. The lowest BCUT2D eigenvalue weighted by atomic mass is 10.2. The summed E-state index contributed by atoms with van der Waals surface area (Å²) in [5.74, 6) is -0.525. The molecular formula is C8H6Cl2O2S. The fourth-order valence-electron chi connectivity index (χ4n) is 0.833. The summed E-state index contributed by atoms with van der Waals surface area (Å²) in [6, 6.07) is 3.06. The predicted octanol–water partition coefficient (Wildman–Crippen LogP) is 3.07. The lowest BCUT2D eigenvalue weighted by Gasteiger charge is -2.04. The third-order valence-corrected chi connectivity index (χ3v) is 2.48. The molecule has 0 N–H and O–H groups in total. The number of thiol groups is 1. The van der Waals surface area contributed by atoms with Crippen LogP contribution in [0.15, 0.2) is 17.0 Å². The zero-order chi connectivity index (χ0) is 10.0. The molecule has 0 bridgehead atoms. The van der Waals surface area contributed by atoms with Crippen LogP contribution in [0.5, 0.6) is 0 Å². The first-order valence-electron chi connectivity index (χ1n) is 3.32. The predicted molar refractivity (Wildman–Crippen MR) is 55.1 cm³/mol. The average Bonchev–Trinajstić information content (AvgIpc) is 2.10. The molecule has 1 aromatic rings. The van der Waals surface area contributed by atoms with Crippen molar-refractivity contribution in [2.45, 2.75) is 4.90 Å². The quantitative estimate of drug-likeness (QED) is 0.600. The highest BCUT2D eigenvalue weighted by Gasteiger charge is 2.13. The third-order valence-electron chi connectivity index (χ3n) is 1.42. The summed E-state index contributed by atoms with van der Waals surface area (Å²) in [7, 11) is 1.28. The molecule has 5 heteroatoms. The maximum Gasteiger partial charge on any atom is 0.339 e. The topological polar surface area (TPSA) is 26.3 Å². The van der Waals surface area contributed by atoms with Crippen molar-refractivity contribution in [2.75, 3.05) is 7.11 Å². The maximum atomic E-state index is 11.1. The van der Waals surface area contributed by atoms with Crippen LogP contribution >= 0.6 is 35.8 Å². The highest BCUT2D eigenvalue weighted by atomic mass is 35.5. The largest absolute Gasteiger partial charge is 0.465 e. The number of benzene rings is 1. The molecule has 70 valence electrons. The van der Waals surface area contributed by atoms with Crippen molar-refractivity contribution in [3.63, 3.8) is 0 Å². The van der Waals surface area contributed by atoms with Crippen LogP contribution < -0.4 is 0 Å². The van der Waals surface area contributed by atoms with E-state index in [9.17, 15) is 4.79 Å². The summed E-state index contributed by atoms with van der Waals surface area (Å²) in [5.41, 5.74) is 0.224. The van der Waals surface area contributed by atoms with Gasteiger partial charge in [-0.2, -0.15) is 0 Å². The third kappa shape index (κ3) is 2.30. The molecule has 2 nitrogen and oxygen atoms in total. The zero-order valence-electron chi connectivity index (χ0n) is 6.67. The Kier molecular flexibility index (Phi) is 3.47. The number of carbonyl (C=O) groups is 1. The van der Waals surface area contributed by atoms with Crippen molar-refractivity contribution in [3.8, 4) is 0 Å². The fourth-order valence-corrected chi connectivity index (χ4v) is 1.57. The molecule has 0 aromatic heterocycles. The molecule has 0 fully saturated rings. The minimum Gasteiger partial charge on any atom is -0.465 e. The van der Waals surface area contributed by atoms with Gasteiger partial charge in [0, 0.05) is 4.90 Å². The Labute approximate surface area is 91.2 Å². The molecule has 1 aromatic carbocycles. The van der Waals surface area contributed by atoms with Crippen LogP contribution in [0.4, 0.5) is 0 Å². The molecule has 0 aliphatic carbocycles. The second kappa shape index (κ2) is 4.22. The van der Waals surface area contributed by atoms with E-state index in [1.54, 1.807) is 6.07 Å². The summed E-state index contributed by atoms with van der Waals surface area (Å²) in [4.78, 5) is 11.7. The Hall–Kier alpha value is -0.380. The van der Waals surface area contributed by atoms with Crippen LogP contribution in [0.25, 0.3) is 0 Å². The minimum absolute atomic E-state index is 0.186. The van der Waals surface area contributed by atoms with Gasteiger partial charge < -0.3 is 4.74 Å². The summed E-state index contributed by atoms with van der Waals surface area (Å²) in [6.45, 7) is 0. The van der Waals surface area contributed by atoms with Crippen LogP contribution in [0, 0.1) is 0 Å². The van der Waals surface area contributed by atoms with Crippen LogP contribution in [-0.4, -0.2) is 13.1 Å². The van der Waals surface area contributed by atoms with Gasteiger partial charge in [0.2, 0.25) is 0 Å². The molecular weight excluding hydrogens is 231 g/mol. The molecule has 0 saturated carbocycles. The molecule has 0 saturated heterocycles. The van der Waals surface area contributed by atoms with Gasteiger partial charge in [0.1, 0.15) is 0 Å². The Bertz CT molecular complexity index is 352. The summed E-state index contributed by atoms with van der Waals surface area (Å²) in [6.07, 6.45) is 0. The van der Waals surface area contributed by atoms with Crippen LogP contribution in [0.1, 0.15) is 10.4 Å². The molecule has 0 amide bonds. The van der Waals surface area contributed by atoms with Gasteiger partial charge in [0.05, 0.1) is 22.7 Å². The number of hydrogen-bond donors (Lipinski definition) is 1. The lowest BCUT2D eigenvalue weighted by Crippen LogP contribution is -2.02. The van der Waals surface area contributed by atoms with Crippen LogP contribution in [-0.2, 0) is 4.74 Å². The molecule has 0 heterocycles. The van der Waals surface area contributed by atoms with Crippen molar-refractivity contribution in [1.82, 2.24) is 0 Å². The molecule has 0 spiro atoms. The Morgan fingerprint density at radius 2 is 2.08 bits per heavy atom. The summed E-state index contributed by atoms with van der Waals surface area (Å²) in [5, 5.41) is 0.473. The van der Waals surface area contributed by atoms with Gasteiger partial charge in [-0.3, -0.25) is 0 Å². The fraction of sp³-hybridized carbons (Fsp3) is 0.125. The van der Waals surface area contributed by atoms with E-state index >= 15 is 0 Å². The molecule has 0 radical (unpaired) electrons. The van der Waals surface area contributed by atoms with Gasteiger partial charge in [-0.1, -0.05) is 23.2 Å². The van der Waals surface area contributed by atoms with Gasteiger partial charge in [-0.15, -0.1) is 12.6 Å². The smallest absolute Gasteiger partial charge is 0.339 e. The standard InChI is InChI=1S/C8H6Cl2O2S/c1-12-8(11)5-2-4(13)3-6(9)7(5)10/h2-3,13H,1H3. The van der Waals surface area contributed by atoms with E-state index in [0.717, 1.165) is 0 Å². The monoisotopic (exact) mass is 236 g/mol. The number of ether oxygens (including phenoxy) is 1. The van der Waals surface area contributed by atoms with Crippen molar-refractivity contribution in [1.29, 1.82) is 0 Å². The molecule has 13 heavy (non-hydrogen) atoms. The number of rotatable bonds is 1. The first-order chi connectivity index (χ1) is 6.06. The Morgan fingerprint density at radius 1 is 1.46 bits per heavy atom. The number of carbonyl (C=O) groups excluding carboxylic acids is 1. The van der Waals surface area contributed by atoms with Gasteiger partial charge in [0.25, 0.3) is 0 Å². The normalized spacial score (nSPS) is 9.85. The minimum atomic E-state index is -0.525. The second-order valence-corrected chi connectivity index (χ2v) is 3.58. The summed E-state index contributed by atoms with van der Waals surface area (Å²) >= 11 is 15.6. The number of halogens is 2. The van der Waals surface area contributed by atoms with Gasteiger partial charge in [0.15, 0.2) is 0 Å². The average molecular weight is 237 g/mol. The highest BCUT2D eigenvalue weighted by Crippen LogP contribution is 2.29. The molecule has 0 atom stereocenters. The molecule has 0 aliphatic heterocycles. The lowest BCUT2D eigenvalue weighted by molar-refractivity contribution is 0.0600. The van der Waals surface area contributed by atoms with Gasteiger partial charge in [-0.05, 0) is 12.1 Å². The number of hydrogen-bond acceptors (Lipinski definition) is 3. The van der Waals surface area contributed by atoms with Crippen LogP contribution in [0.3, 0.4) is 0 Å². The Morgan fingerprint density at radius 3 is 2.62 bits per heavy atom. The summed E-state index contributed by atoms with van der Waals surface area (Å²) < 4.78 is 4.51. The van der Waals surface area contributed by atoms with Crippen molar-refractivity contribution >= 4 is 41.8 Å². The van der Waals surface area contributed by atoms with Crippen molar-refractivity contribution < 1.29 is 9.53 Å². The molecule has 1 rings (SSSR count). The first kappa shape index (κ1) is 10.7. The number of esters is 1.